The Morgan fingerprint density at radius 2 is 1.63 bits per heavy atom. The number of nitrogens with zero attached hydrogens (tertiary/aromatic N) is 3. The molecule has 0 aliphatic carbocycles. The third-order valence-electron chi connectivity index (χ3n) is 4.43. The minimum absolute atomic E-state index is 0. The van der Waals surface area contributed by atoms with Gasteiger partial charge in [0.05, 0.1) is 0 Å². The Morgan fingerprint density at radius 1 is 1.00 bits per heavy atom. The van der Waals surface area contributed by atoms with Gasteiger partial charge in [-0.15, -0.1) is 12.4 Å². The van der Waals surface area contributed by atoms with E-state index in [0.717, 1.165) is 24.3 Å². The average Bonchev–Trinajstić information content (AvgIpc) is 2.68. The lowest BCUT2D eigenvalue weighted by atomic mass is 10.1. The van der Waals surface area contributed by atoms with Crippen molar-refractivity contribution in [2.45, 2.75) is 12.8 Å². The first-order chi connectivity index (χ1) is 12.6. The Morgan fingerprint density at radius 3 is 2.22 bits per heavy atom. The molecule has 0 saturated carbocycles. The second kappa shape index (κ2) is 9.78. The zero-order valence-corrected chi connectivity index (χ0v) is 15.7. The van der Waals surface area contributed by atoms with Gasteiger partial charge in [-0.05, 0) is 36.2 Å². The Labute approximate surface area is 164 Å². The minimum Gasteiger partial charge on any atom is -0.481 e. The molecule has 1 aromatic heterocycles. The molecular formula is C19H23ClN4O3. The van der Waals surface area contributed by atoms with E-state index < -0.39 is 5.97 Å². The number of anilines is 2. The summed E-state index contributed by atoms with van der Waals surface area (Å²) in [6.45, 7) is 2.88. The van der Waals surface area contributed by atoms with Crippen LogP contribution < -0.4 is 10.2 Å². The van der Waals surface area contributed by atoms with Gasteiger partial charge in [-0.25, -0.2) is 4.79 Å². The number of carboxylic acid groups (broad SMARTS) is 1. The van der Waals surface area contributed by atoms with Gasteiger partial charge >= 0.3 is 12.0 Å². The number of carbonyl (C=O) groups excluding carboxylic acids is 1. The van der Waals surface area contributed by atoms with E-state index in [1.54, 1.807) is 17.3 Å². The van der Waals surface area contributed by atoms with Gasteiger partial charge < -0.3 is 20.2 Å². The van der Waals surface area contributed by atoms with Crippen molar-refractivity contribution < 1.29 is 14.7 Å². The van der Waals surface area contributed by atoms with Gasteiger partial charge in [0.2, 0.25) is 0 Å². The van der Waals surface area contributed by atoms with Gasteiger partial charge in [-0.2, -0.15) is 0 Å². The van der Waals surface area contributed by atoms with Crippen molar-refractivity contribution in [3.63, 3.8) is 0 Å². The number of carboxylic acids is 1. The quantitative estimate of drug-likeness (QED) is 0.819. The van der Waals surface area contributed by atoms with Gasteiger partial charge in [0, 0.05) is 56.4 Å². The third kappa shape index (κ3) is 5.86. The minimum atomic E-state index is -0.812. The summed E-state index contributed by atoms with van der Waals surface area (Å²) in [6.07, 6.45) is 4.14. The third-order valence-corrected chi connectivity index (χ3v) is 4.43. The van der Waals surface area contributed by atoms with Crippen LogP contribution in [-0.4, -0.2) is 53.2 Å². The number of rotatable bonds is 5. The van der Waals surface area contributed by atoms with Gasteiger partial charge in [0.25, 0.3) is 0 Å². The van der Waals surface area contributed by atoms with Crippen molar-refractivity contribution >= 4 is 35.8 Å². The summed E-state index contributed by atoms with van der Waals surface area (Å²) in [7, 11) is 0. The molecule has 0 bridgehead atoms. The number of aromatic nitrogens is 1. The summed E-state index contributed by atoms with van der Waals surface area (Å²) in [5.74, 6) is -0.812. The van der Waals surface area contributed by atoms with Crippen LogP contribution in [0.25, 0.3) is 0 Å². The number of hydrogen-bond acceptors (Lipinski definition) is 4. The van der Waals surface area contributed by atoms with Crippen LogP contribution in [0.5, 0.6) is 0 Å². The largest absolute Gasteiger partial charge is 0.481 e. The number of benzene rings is 1. The molecule has 144 valence electrons. The highest BCUT2D eigenvalue weighted by Gasteiger charge is 2.21. The van der Waals surface area contributed by atoms with E-state index in [1.807, 2.05) is 36.4 Å². The number of carbonyl (C=O) groups is 2. The maximum Gasteiger partial charge on any atom is 0.321 e. The molecule has 2 N–H and O–H groups in total. The molecule has 2 amide bonds. The van der Waals surface area contributed by atoms with Crippen molar-refractivity contribution in [3.05, 3.63) is 54.4 Å². The maximum absolute atomic E-state index is 12.4. The molecule has 1 aliphatic heterocycles. The second-order valence-corrected chi connectivity index (χ2v) is 6.20. The number of aryl methyl sites for hydroxylation is 1. The van der Waals surface area contributed by atoms with Gasteiger partial charge in [-0.3, -0.25) is 9.78 Å². The van der Waals surface area contributed by atoms with Crippen molar-refractivity contribution in [2.75, 3.05) is 36.4 Å². The van der Waals surface area contributed by atoms with Crippen molar-refractivity contribution in [1.82, 2.24) is 9.88 Å². The molecule has 2 aromatic rings. The molecule has 1 saturated heterocycles. The molecule has 1 aliphatic rings. The van der Waals surface area contributed by atoms with E-state index in [4.69, 9.17) is 5.11 Å². The Bertz CT molecular complexity index is 747. The zero-order valence-electron chi connectivity index (χ0n) is 14.9. The van der Waals surface area contributed by atoms with Crippen molar-refractivity contribution in [2.24, 2.45) is 0 Å². The molecule has 0 atom stereocenters. The number of urea groups is 1. The van der Waals surface area contributed by atoms with Crippen LogP contribution in [0.2, 0.25) is 0 Å². The Hall–Kier alpha value is -2.80. The van der Waals surface area contributed by atoms with Crippen molar-refractivity contribution in [3.8, 4) is 0 Å². The predicted octanol–water partition coefficient (Wildman–Crippen LogP) is 2.87. The van der Waals surface area contributed by atoms with Crippen LogP contribution in [0.1, 0.15) is 12.0 Å². The lowest BCUT2D eigenvalue weighted by Gasteiger charge is -2.36. The van der Waals surface area contributed by atoms with Crippen LogP contribution in [0.4, 0.5) is 16.2 Å². The number of aliphatic carboxylic acids is 1. The van der Waals surface area contributed by atoms with Crippen LogP contribution in [0.15, 0.2) is 48.8 Å². The van der Waals surface area contributed by atoms with Crippen LogP contribution in [-0.2, 0) is 11.2 Å². The molecule has 1 aromatic carbocycles. The molecule has 7 nitrogen and oxygen atoms in total. The summed E-state index contributed by atoms with van der Waals surface area (Å²) in [6, 6.07) is 11.1. The van der Waals surface area contributed by atoms with Gasteiger partial charge in [0.15, 0.2) is 0 Å². The Balaban J connectivity index is 0.00000261. The van der Waals surface area contributed by atoms with E-state index >= 15 is 0 Å². The first-order valence-corrected chi connectivity index (χ1v) is 8.63. The summed E-state index contributed by atoms with van der Waals surface area (Å²) < 4.78 is 0. The molecular weight excluding hydrogens is 368 g/mol. The first-order valence-electron chi connectivity index (χ1n) is 8.63. The average molecular weight is 391 g/mol. The lowest BCUT2D eigenvalue weighted by molar-refractivity contribution is -0.136. The molecule has 0 radical (unpaired) electrons. The van der Waals surface area contributed by atoms with E-state index in [2.05, 4.69) is 15.2 Å². The topological polar surface area (TPSA) is 85.8 Å². The smallest absolute Gasteiger partial charge is 0.321 e. The number of pyridine rings is 1. The maximum atomic E-state index is 12.4. The SMILES string of the molecule is Cl.O=C(O)CCc1ccc(NC(=O)N2CCN(c3ccncc3)CC2)cc1. The van der Waals surface area contributed by atoms with Crippen LogP contribution >= 0.6 is 12.4 Å². The number of piperazine rings is 1. The van der Waals surface area contributed by atoms with E-state index in [-0.39, 0.29) is 24.9 Å². The van der Waals surface area contributed by atoms with Gasteiger partial charge in [-0.1, -0.05) is 12.1 Å². The summed E-state index contributed by atoms with van der Waals surface area (Å²) in [5.41, 5.74) is 2.78. The molecule has 0 spiro atoms. The number of nitrogens with one attached hydrogen (secondary N) is 1. The van der Waals surface area contributed by atoms with E-state index in [1.165, 1.54) is 0 Å². The Kier molecular flexibility index (Phi) is 7.43. The summed E-state index contributed by atoms with van der Waals surface area (Å²) in [5, 5.41) is 11.6. The monoisotopic (exact) mass is 390 g/mol. The zero-order chi connectivity index (χ0) is 18.4. The molecule has 2 heterocycles. The standard InChI is InChI=1S/C19H22N4O3.ClH/c24-18(25)6-3-15-1-4-16(5-2-15)21-19(26)23-13-11-22(12-14-23)17-7-9-20-10-8-17;/h1-2,4-5,7-10H,3,6,11-14H2,(H,21,26)(H,24,25);1H. The molecule has 3 rings (SSSR count). The number of hydrogen-bond donors (Lipinski definition) is 2. The fraction of sp³-hybridized carbons (Fsp3) is 0.316. The molecule has 0 unspecified atom stereocenters. The van der Waals surface area contributed by atoms with Gasteiger partial charge in [0.1, 0.15) is 0 Å². The first kappa shape index (κ1) is 20.5. The highest BCUT2D eigenvalue weighted by atomic mass is 35.5. The molecule has 8 heteroatoms. The highest BCUT2D eigenvalue weighted by Crippen LogP contribution is 2.16. The number of amides is 2. The summed E-state index contributed by atoms with van der Waals surface area (Å²) in [4.78, 5) is 31.1. The van der Waals surface area contributed by atoms with Crippen LogP contribution in [0.3, 0.4) is 0 Å². The number of halogens is 1. The lowest BCUT2D eigenvalue weighted by Crippen LogP contribution is -2.50. The predicted molar refractivity (Wildman–Crippen MR) is 107 cm³/mol. The second-order valence-electron chi connectivity index (χ2n) is 6.20. The normalized spacial score (nSPS) is 13.6. The molecule has 27 heavy (non-hydrogen) atoms. The fourth-order valence-electron chi connectivity index (χ4n) is 2.93. The summed E-state index contributed by atoms with van der Waals surface area (Å²) >= 11 is 0. The van der Waals surface area contributed by atoms with Crippen LogP contribution in [0, 0.1) is 0 Å². The highest BCUT2D eigenvalue weighted by molar-refractivity contribution is 5.89. The van der Waals surface area contributed by atoms with E-state index in [9.17, 15) is 9.59 Å². The van der Waals surface area contributed by atoms with E-state index in [0.29, 0.717) is 25.2 Å². The van der Waals surface area contributed by atoms with Crippen molar-refractivity contribution in [1.29, 1.82) is 0 Å². The molecule has 1 fully saturated rings. The fourth-order valence-corrected chi connectivity index (χ4v) is 2.93.